The van der Waals surface area contributed by atoms with Crippen LogP contribution in [0, 0.1) is 0 Å². The van der Waals surface area contributed by atoms with Crippen LogP contribution in [-0.4, -0.2) is 84.3 Å². The molecule has 0 bridgehead atoms. The molecule has 146 valence electrons. The lowest BCUT2D eigenvalue weighted by Crippen LogP contribution is -2.53. The van der Waals surface area contributed by atoms with Gasteiger partial charge in [0, 0.05) is 57.8 Å². The van der Waals surface area contributed by atoms with Crippen LogP contribution in [0.1, 0.15) is 30.1 Å². The van der Waals surface area contributed by atoms with Gasteiger partial charge in [0.1, 0.15) is 0 Å². The third-order valence-corrected chi connectivity index (χ3v) is 5.40. The summed E-state index contributed by atoms with van der Waals surface area (Å²) in [6.45, 7) is 6.06. The van der Waals surface area contributed by atoms with E-state index in [0.29, 0.717) is 38.3 Å². The maximum absolute atomic E-state index is 12.5. The lowest BCUT2D eigenvalue weighted by molar-refractivity contribution is -0.139. The van der Waals surface area contributed by atoms with Crippen molar-refractivity contribution in [2.75, 3.05) is 45.8 Å². The number of nitrogens with one attached hydrogen (secondary N) is 1. The number of benzene rings is 1. The van der Waals surface area contributed by atoms with Gasteiger partial charge in [0.15, 0.2) is 0 Å². The number of piperazine rings is 1. The highest BCUT2D eigenvalue weighted by molar-refractivity contribution is 5.94. The second-order valence-corrected chi connectivity index (χ2v) is 7.28. The molecular weight excluding hydrogens is 344 g/mol. The van der Waals surface area contributed by atoms with Crippen molar-refractivity contribution >= 4 is 17.7 Å². The van der Waals surface area contributed by atoms with Crippen LogP contribution in [0.5, 0.6) is 0 Å². The van der Waals surface area contributed by atoms with Crippen molar-refractivity contribution in [3.63, 3.8) is 0 Å². The summed E-state index contributed by atoms with van der Waals surface area (Å²) in [5.41, 5.74) is 0.680. The fraction of sp³-hybridized carbons (Fsp3) is 0.550. The van der Waals surface area contributed by atoms with Crippen molar-refractivity contribution in [1.29, 1.82) is 0 Å². The van der Waals surface area contributed by atoms with E-state index in [4.69, 9.17) is 0 Å². The van der Waals surface area contributed by atoms with Crippen molar-refractivity contribution in [3.8, 4) is 0 Å². The number of hydrogen-bond donors (Lipinski definition) is 1. The van der Waals surface area contributed by atoms with E-state index in [1.165, 1.54) is 0 Å². The molecule has 2 aliphatic rings. The van der Waals surface area contributed by atoms with E-state index in [0.717, 1.165) is 25.9 Å². The quantitative estimate of drug-likeness (QED) is 0.839. The summed E-state index contributed by atoms with van der Waals surface area (Å²) in [6, 6.07) is 9.40. The predicted octanol–water partition coefficient (Wildman–Crippen LogP) is 0.572. The molecule has 27 heavy (non-hydrogen) atoms. The molecule has 1 aromatic rings. The SMILES string of the molecule is CC(=O)N1CCN(C(=O)CN2CCC(NC(=O)c3ccccc3)CC2)CC1. The monoisotopic (exact) mass is 372 g/mol. The molecule has 2 aliphatic heterocycles. The number of nitrogens with zero attached hydrogens (tertiary/aromatic N) is 3. The van der Waals surface area contributed by atoms with Crippen LogP contribution < -0.4 is 5.32 Å². The molecular formula is C20H28N4O3. The van der Waals surface area contributed by atoms with Gasteiger partial charge < -0.3 is 15.1 Å². The minimum absolute atomic E-state index is 0.0338. The Morgan fingerprint density at radius 1 is 0.926 bits per heavy atom. The Morgan fingerprint density at radius 2 is 1.52 bits per heavy atom. The van der Waals surface area contributed by atoms with Gasteiger partial charge in [0.05, 0.1) is 6.54 Å². The third kappa shape index (κ3) is 5.29. The van der Waals surface area contributed by atoms with Gasteiger partial charge >= 0.3 is 0 Å². The molecule has 2 heterocycles. The van der Waals surface area contributed by atoms with Crippen LogP contribution in [0.3, 0.4) is 0 Å². The van der Waals surface area contributed by atoms with Crippen molar-refractivity contribution in [2.24, 2.45) is 0 Å². The normalized spacial score (nSPS) is 19.0. The molecule has 2 fully saturated rings. The first-order valence-electron chi connectivity index (χ1n) is 9.64. The van der Waals surface area contributed by atoms with Crippen LogP contribution in [0.4, 0.5) is 0 Å². The highest BCUT2D eigenvalue weighted by Crippen LogP contribution is 2.12. The van der Waals surface area contributed by atoms with Gasteiger partial charge in [0.25, 0.3) is 5.91 Å². The number of carbonyl (C=O) groups is 3. The molecule has 0 unspecified atom stereocenters. The number of carbonyl (C=O) groups excluding carboxylic acids is 3. The van der Waals surface area contributed by atoms with Crippen molar-refractivity contribution in [2.45, 2.75) is 25.8 Å². The summed E-state index contributed by atoms with van der Waals surface area (Å²) in [7, 11) is 0. The molecule has 7 heteroatoms. The first-order chi connectivity index (χ1) is 13.0. The third-order valence-electron chi connectivity index (χ3n) is 5.40. The number of rotatable bonds is 4. The second kappa shape index (κ2) is 8.99. The molecule has 3 amide bonds. The Labute approximate surface area is 160 Å². The fourth-order valence-electron chi connectivity index (χ4n) is 3.66. The van der Waals surface area contributed by atoms with Gasteiger partial charge in [-0.3, -0.25) is 19.3 Å². The zero-order valence-electron chi connectivity index (χ0n) is 15.9. The van der Waals surface area contributed by atoms with E-state index < -0.39 is 0 Å². The Bertz CT molecular complexity index is 663. The number of likely N-dealkylation sites (tertiary alicyclic amines) is 1. The zero-order chi connectivity index (χ0) is 19.2. The van der Waals surface area contributed by atoms with E-state index >= 15 is 0 Å². The van der Waals surface area contributed by atoms with E-state index in [1.807, 2.05) is 35.2 Å². The molecule has 3 rings (SSSR count). The van der Waals surface area contributed by atoms with E-state index in [9.17, 15) is 14.4 Å². The van der Waals surface area contributed by atoms with Gasteiger partial charge in [-0.1, -0.05) is 18.2 Å². The Hall–Kier alpha value is -2.41. The van der Waals surface area contributed by atoms with Gasteiger partial charge in [-0.05, 0) is 25.0 Å². The van der Waals surface area contributed by atoms with Crippen LogP contribution in [0.2, 0.25) is 0 Å². The van der Waals surface area contributed by atoms with Gasteiger partial charge in [-0.2, -0.15) is 0 Å². The number of piperidine rings is 1. The van der Waals surface area contributed by atoms with Crippen LogP contribution in [-0.2, 0) is 9.59 Å². The Balaban J connectivity index is 1.39. The van der Waals surface area contributed by atoms with Crippen LogP contribution >= 0.6 is 0 Å². The Morgan fingerprint density at radius 3 is 2.11 bits per heavy atom. The molecule has 0 aromatic heterocycles. The van der Waals surface area contributed by atoms with Crippen molar-refractivity contribution < 1.29 is 14.4 Å². The molecule has 2 saturated heterocycles. The van der Waals surface area contributed by atoms with Gasteiger partial charge in [-0.15, -0.1) is 0 Å². The molecule has 0 saturated carbocycles. The van der Waals surface area contributed by atoms with Gasteiger partial charge in [-0.25, -0.2) is 0 Å². The van der Waals surface area contributed by atoms with E-state index in [1.54, 1.807) is 11.8 Å². The lowest BCUT2D eigenvalue weighted by atomic mass is 10.0. The van der Waals surface area contributed by atoms with Gasteiger partial charge in [0.2, 0.25) is 11.8 Å². The highest BCUT2D eigenvalue weighted by Gasteiger charge is 2.26. The smallest absolute Gasteiger partial charge is 0.251 e. The van der Waals surface area contributed by atoms with E-state index in [-0.39, 0.29) is 23.8 Å². The topological polar surface area (TPSA) is 73.0 Å². The van der Waals surface area contributed by atoms with Crippen LogP contribution in [0.25, 0.3) is 0 Å². The molecule has 0 spiro atoms. The van der Waals surface area contributed by atoms with Crippen molar-refractivity contribution in [3.05, 3.63) is 35.9 Å². The summed E-state index contributed by atoms with van der Waals surface area (Å²) < 4.78 is 0. The summed E-state index contributed by atoms with van der Waals surface area (Å²) >= 11 is 0. The standard InChI is InChI=1S/C20H28N4O3/c1-16(25)23-11-13-24(14-12-23)19(26)15-22-9-7-18(8-10-22)21-20(27)17-5-3-2-4-6-17/h2-6,18H,7-15H2,1H3,(H,21,27). The van der Waals surface area contributed by atoms with E-state index in [2.05, 4.69) is 10.2 Å². The molecule has 0 aliphatic carbocycles. The highest BCUT2D eigenvalue weighted by atomic mass is 16.2. The lowest BCUT2D eigenvalue weighted by Gasteiger charge is -2.37. The zero-order valence-corrected chi connectivity index (χ0v) is 15.9. The van der Waals surface area contributed by atoms with Crippen molar-refractivity contribution in [1.82, 2.24) is 20.0 Å². The minimum Gasteiger partial charge on any atom is -0.349 e. The first-order valence-corrected chi connectivity index (χ1v) is 9.64. The number of hydrogen-bond acceptors (Lipinski definition) is 4. The summed E-state index contributed by atoms with van der Waals surface area (Å²) in [4.78, 5) is 41.9. The average molecular weight is 372 g/mol. The molecule has 1 N–H and O–H groups in total. The second-order valence-electron chi connectivity index (χ2n) is 7.28. The molecule has 0 atom stereocenters. The fourth-order valence-corrected chi connectivity index (χ4v) is 3.66. The van der Waals surface area contributed by atoms with Crippen LogP contribution in [0.15, 0.2) is 30.3 Å². The Kier molecular flexibility index (Phi) is 6.45. The molecule has 1 aromatic carbocycles. The minimum atomic E-state index is -0.0338. The first kappa shape index (κ1) is 19.4. The number of amides is 3. The summed E-state index contributed by atoms with van der Waals surface area (Å²) in [5.74, 6) is 0.167. The predicted molar refractivity (Wildman–Crippen MR) is 102 cm³/mol. The summed E-state index contributed by atoms with van der Waals surface area (Å²) in [6.07, 6.45) is 1.70. The maximum Gasteiger partial charge on any atom is 0.251 e. The molecule has 7 nitrogen and oxygen atoms in total. The maximum atomic E-state index is 12.5. The summed E-state index contributed by atoms with van der Waals surface area (Å²) in [5, 5.41) is 3.09. The average Bonchev–Trinajstić information content (AvgIpc) is 2.70. The molecule has 0 radical (unpaired) electrons. The largest absolute Gasteiger partial charge is 0.349 e.